The normalized spacial score (nSPS) is 11.6. The summed E-state index contributed by atoms with van der Waals surface area (Å²) in [6.45, 7) is 4.96. The lowest BCUT2D eigenvalue weighted by atomic mass is 9.96. The highest BCUT2D eigenvalue weighted by Crippen LogP contribution is 2.37. The Morgan fingerprint density at radius 1 is 0.789 bits per heavy atom. The van der Waals surface area contributed by atoms with Gasteiger partial charge in [-0.3, -0.25) is 9.69 Å². The van der Waals surface area contributed by atoms with Crippen molar-refractivity contribution in [2.75, 3.05) is 6.54 Å². The van der Waals surface area contributed by atoms with Crippen LogP contribution in [-0.2, 0) is 16.1 Å². The first-order valence-corrected chi connectivity index (χ1v) is 12.5. The summed E-state index contributed by atoms with van der Waals surface area (Å²) in [6, 6.07) is 30.3. The molecule has 38 heavy (non-hydrogen) atoms. The predicted octanol–water partition coefficient (Wildman–Crippen LogP) is 7.74. The fourth-order valence-electron chi connectivity index (χ4n) is 4.56. The third kappa shape index (κ3) is 5.39. The summed E-state index contributed by atoms with van der Waals surface area (Å²) < 4.78 is 11.4. The molecule has 0 fully saturated rings. The molecule has 0 aliphatic rings. The highest BCUT2D eigenvalue weighted by molar-refractivity contribution is 6.12. The first-order chi connectivity index (χ1) is 18.2. The number of carbonyl (C=O) groups is 2. The second kappa shape index (κ2) is 10.1. The number of hydrogen-bond donors (Lipinski definition) is 1. The lowest BCUT2D eigenvalue weighted by Gasteiger charge is -2.26. The van der Waals surface area contributed by atoms with Gasteiger partial charge >= 0.3 is 12.1 Å². The molecule has 0 aliphatic carbocycles. The van der Waals surface area contributed by atoms with Crippen LogP contribution in [0.3, 0.4) is 0 Å². The number of hydrogen-bond acceptors (Lipinski definition) is 4. The highest BCUT2D eigenvalue weighted by Gasteiger charge is 2.24. The van der Waals surface area contributed by atoms with Crippen LogP contribution in [0.4, 0.5) is 4.79 Å². The van der Waals surface area contributed by atoms with Crippen molar-refractivity contribution in [1.82, 2.24) is 4.90 Å². The molecular formula is C32H29NO5. The van der Waals surface area contributed by atoms with Crippen molar-refractivity contribution in [3.63, 3.8) is 0 Å². The molecule has 0 saturated carbocycles. The molecule has 1 heterocycles. The van der Waals surface area contributed by atoms with Gasteiger partial charge in [-0.25, -0.2) is 4.79 Å². The van der Waals surface area contributed by atoms with Crippen LogP contribution in [0, 0.1) is 0 Å². The molecule has 1 N–H and O–H groups in total. The third-order valence-corrected chi connectivity index (χ3v) is 6.24. The number of carbonyl (C=O) groups excluding carboxylic acids is 1. The van der Waals surface area contributed by atoms with Crippen molar-refractivity contribution >= 4 is 34.0 Å². The van der Waals surface area contributed by atoms with Crippen LogP contribution in [0.2, 0.25) is 0 Å². The molecule has 192 valence electrons. The molecule has 0 atom stereocenters. The fourth-order valence-corrected chi connectivity index (χ4v) is 4.56. The van der Waals surface area contributed by atoms with E-state index in [0.29, 0.717) is 0 Å². The molecule has 0 aliphatic heterocycles. The number of aliphatic carboxylic acids is 1. The number of amides is 1. The van der Waals surface area contributed by atoms with Crippen LogP contribution in [0.25, 0.3) is 44.2 Å². The van der Waals surface area contributed by atoms with Gasteiger partial charge in [0.2, 0.25) is 0 Å². The first kappa shape index (κ1) is 25.1. The fraction of sp³-hybridized carbons (Fsp3) is 0.188. The van der Waals surface area contributed by atoms with Crippen molar-refractivity contribution in [2.45, 2.75) is 32.9 Å². The smallest absolute Gasteiger partial charge is 0.411 e. The summed E-state index contributed by atoms with van der Waals surface area (Å²) in [7, 11) is 0. The number of nitrogens with zero attached hydrogens (tertiary/aromatic N) is 1. The van der Waals surface area contributed by atoms with E-state index in [0.717, 1.165) is 49.8 Å². The number of ether oxygens (including phenoxy) is 1. The molecule has 6 nitrogen and oxygen atoms in total. The van der Waals surface area contributed by atoms with E-state index in [9.17, 15) is 14.7 Å². The van der Waals surface area contributed by atoms with Gasteiger partial charge in [-0.15, -0.1) is 0 Å². The van der Waals surface area contributed by atoms with Crippen LogP contribution < -0.4 is 0 Å². The zero-order chi connectivity index (χ0) is 26.9. The van der Waals surface area contributed by atoms with E-state index in [2.05, 4.69) is 36.4 Å². The largest absolute Gasteiger partial charge is 0.480 e. The summed E-state index contributed by atoms with van der Waals surface area (Å²) in [4.78, 5) is 25.0. The first-order valence-electron chi connectivity index (χ1n) is 12.5. The molecule has 6 heteroatoms. The van der Waals surface area contributed by atoms with Gasteiger partial charge in [0.1, 0.15) is 23.3 Å². The van der Waals surface area contributed by atoms with E-state index in [4.69, 9.17) is 9.15 Å². The number of rotatable bonds is 6. The van der Waals surface area contributed by atoms with Gasteiger partial charge in [-0.2, -0.15) is 0 Å². The second-order valence-corrected chi connectivity index (χ2v) is 10.3. The Morgan fingerprint density at radius 3 is 2.05 bits per heavy atom. The van der Waals surface area contributed by atoms with Crippen LogP contribution in [0.15, 0.2) is 95.4 Å². The molecule has 1 aromatic heterocycles. The van der Waals surface area contributed by atoms with Crippen molar-refractivity contribution in [1.29, 1.82) is 0 Å². The summed E-state index contributed by atoms with van der Waals surface area (Å²) >= 11 is 0. The molecular weight excluding hydrogens is 478 g/mol. The van der Waals surface area contributed by atoms with E-state index in [-0.39, 0.29) is 6.54 Å². The Kier molecular flexibility index (Phi) is 6.64. The van der Waals surface area contributed by atoms with Crippen LogP contribution in [0.1, 0.15) is 26.3 Å². The van der Waals surface area contributed by atoms with E-state index in [1.165, 1.54) is 4.90 Å². The number of fused-ring (bicyclic) bond motifs is 3. The predicted molar refractivity (Wildman–Crippen MR) is 149 cm³/mol. The van der Waals surface area contributed by atoms with Crippen LogP contribution in [0.5, 0.6) is 0 Å². The molecule has 5 aromatic rings. The highest BCUT2D eigenvalue weighted by atomic mass is 16.6. The Bertz CT molecular complexity index is 1610. The number of carboxylic acids is 1. The molecule has 0 radical (unpaired) electrons. The van der Waals surface area contributed by atoms with Crippen molar-refractivity contribution in [3.8, 4) is 22.3 Å². The minimum absolute atomic E-state index is 0.142. The Hall–Kier alpha value is -4.58. The minimum Gasteiger partial charge on any atom is -0.480 e. The van der Waals surface area contributed by atoms with Gasteiger partial charge < -0.3 is 14.3 Å². The monoisotopic (exact) mass is 507 g/mol. The summed E-state index contributed by atoms with van der Waals surface area (Å²) in [5.41, 5.74) is 6.15. The van der Waals surface area contributed by atoms with E-state index >= 15 is 0 Å². The van der Waals surface area contributed by atoms with Gasteiger partial charge in [0.25, 0.3) is 0 Å². The molecule has 4 aromatic carbocycles. The maximum atomic E-state index is 12.5. The maximum Gasteiger partial charge on any atom is 0.411 e. The molecule has 5 rings (SSSR count). The number of carboxylic acid groups (broad SMARTS) is 1. The minimum atomic E-state index is -1.09. The topological polar surface area (TPSA) is 80.0 Å². The maximum absolute atomic E-state index is 12.5. The third-order valence-electron chi connectivity index (χ3n) is 6.24. The lowest BCUT2D eigenvalue weighted by molar-refractivity contribution is -0.138. The number of para-hydroxylation sites is 1. The van der Waals surface area contributed by atoms with E-state index in [1.807, 2.05) is 54.6 Å². The molecule has 0 spiro atoms. The zero-order valence-corrected chi connectivity index (χ0v) is 21.6. The van der Waals surface area contributed by atoms with Gasteiger partial charge in [-0.1, -0.05) is 78.9 Å². The Balaban J connectivity index is 1.36. The Morgan fingerprint density at radius 2 is 1.39 bits per heavy atom. The molecule has 1 amide bonds. The number of benzene rings is 4. The lowest BCUT2D eigenvalue weighted by Crippen LogP contribution is -2.39. The molecule has 0 unspecified atom stereocenters. The zero-order valence-electron chi connectivity index (χ0n) is 21.6. The van der Waals surface area contributed by atoms with Gasteiger partial charge in [0.15, 0.2) is 0 Å². The van der Waals surface area contributed by atoms with Crippen LogP contribution >= 0.6 is 0 Å². The molecule has 0 saturated heterocycles. The van der Waals surface area contributed by atoms with E-state index in [1.54, 1.807) is 20.8 Å². The number of furan rings is 1. The summed E-state index contributed by atoms with van der Waals surface area (Å²) in [6.07, 6.45) is -0.653. The quantitative estimate of drug-likeness (QED) is 0.254. The molecule has 0 bridgehead atoms. The van der Waals surface area contributed by atoms with Gasteiger partial charge in [0.05, 0.1) is 0 Å². The van der Waals surface area contributed by atoms with Gasteiger partial charge in [-0.05, 0) is 60.7 Å². The standard InChI is InChI=1S/C32H29NO5/c1-32(2,3)38-31(36)33(20-29(34)35)19-21-11-13-22(14-12-21)23-15-17-24(18-16-23)25-8-6-10-28-30(25)26-7-4-5-9-27(26)37-28/h4-18H,19-20H2,1-3H3,(H,34,35). The summed E-state index contributed by atoms with van der Waals surface area (Å²) in [5.74, 6) is -1.09. The van der Waals surface area contributed by atoms with E-state index < -0.39 is 24.2 Å². The average Bonchev–Trinajstić information content (AvgIpc) is 3.27. The van der Waals surface area contributed by atoms with Crippen molar-refractivity contribution in [2.24, 2.45) is 0 Å². The van der Waals surface area contributed by atoms with Crippen molar-refractivity contribution < 1.29 is 23.8 Å². The Labute approximate surface area is 221 Å². The second-order valence-electron chi connectivity index (χ2n) is 10.3. The SMILES string of the molecule is CC(C)(C)OC(=O)N(CC(=O)O)Cc1ccc(-c2ccc(-c3cccc4oc5ccccc5c34)cc2)cc1. The summed E-state index contributed by atoms with van der Waals surface area (Å²) in [5, 5.41) is 11.5. The van der Waals surface area contributed by atoms with Crippen LogP contribution in [-0.4, -0.2) is 34.2 Å². The van der Waals surface area contributed by atoms with Crippen molar-refractivity contribution in [3.05, 3.63) is 96.6 Å². The average molecular weight is 508 g/mol. The van der Waals surface area contributed by atoms with Gasteiger partial charge in [0, 0.05) is 17.3 Å².